The van der Waals surface area contributed by atoms with E-state index < -0.39 is 0 Å². The third-order valence-corrected chi connectivity index (χ3v) is 0.431. The molecule has 2 amide bonds. The van der Waals surface area contributed by atoms with Gasteiger partial charge in [0.15, 0.2) is 0 Å². The third kappa shape index (κ3) is 6.61. The maximum absolute atomic E-state index is 9.89. The zero-order valence-electron chi connectivity index (χ0n) is 5.46. The van der Waals surface area contributed by atoms with E-state index in [-0.39, 0.29) is 18.4 Å². The Bertz CT molecular complexity index is 160. The van der Waals surface area contributed by atoms with Crippen LogP contribution in [0.25, 0.3) is 0 Å². The van der Waals surface area contributed by atoms with Gasteiger partial charge in [-0.15, -0.1) is 0 Å². The van der Waals surface area contributed by atoms with E-state index in [4.69, 9.17) is 0 Å². The molecule has 1 aliphatic heterocycles. The number of rotatable bonds is 0. The number of hydrogen-bond donors (Lipinski definition) is 1. The molecular weight excluding hydrogens is 136 g/mol. The van der Waals surface area contributed by atoms with E-state index in [1.54, 1.807) is 0 Å². The summed E-state index contributed by atoms with van der Waals surface area (Å²) in [5, 5.41) is 0. The van der Waals surface area contributed by atoms with Crippen LogP contribution in [0.2, 0.25) is 0 Å². The lowest BCUT2D eigenvalue weighted by molar-refractivity contribution is -0.118. The average molecular weight is 143 g/mol. The molecule has 0 aromatic carbocycles. The van der Waals surface area contributed by atoms with Crippen LogP contribution >= 0.6 is 0 Å². The molecule has 0 bridgehead atoms. The summed E-state index contributed by atoms with van der Waals surface area (Å²) in [6, 6.07) is 0. The molecule has 0 fully saturated rings. The number of primary amides is 1. The van der Waals surface area contributed by atoms with Gasteiger partial charge in [0.25, 0.3) is 0 Å². The number of nitrogens with two attached hydrogens (primary N) is 1. The Morgan fingerprint density at radius 1 is 1.90 bits per heavy atom. The molecule has 56 valence electrons. The Morgan fingerprint density at radius 2 is 2.40 bits per heavy atom. The zero-order valence-corrected chi connectivity index (χ0v) is 5.46. The monoisotopic (exact) mass is 143 g/mol. The molecule has 0 aliphatic carbocycles. The van der Waals surface area contributed by atoms with Gasteiger partial charge in [-0.05, 0) is 0 Å². The van der Waals surface area contributed by atoms with Gasteiger partial charge in [0, 0.05) is 13.3 Å². The quantitative estimate of drug-likeness (QED) is 0.439. The van der Waals surface area contributed by atoms with E-state index in [2.05, 4.69) is 15.5 Å². The summed E-state index contributed by atoms with van der Waals surface area (Å²) in [4.78, 5) is 22.2. The van der Waals surface area contributed by atoms with Gasteiger partial charge in [-0.2, -0.15) is 0 Å². The highest BCUT2D eigenvalue weighted by atomic mass is 16.5. The van der Waals surface area contributed by atoms with Crippen LogP contribution in [0.1, 0.15) is 6.92 Å². The van der Waals surface area contributed by atoms with Gasteiger partial charge < -0.3 is 20.3 Å². The summed E-state index contributed by atoms with van der Waals surface area (Å²) in [6.07, 6.45) is 2.05. The maximum Gasteiger partial charge on any atom is 0.214 e. The predicted octanol–water partition coefficient (Wildman–Crippen LogP) is -1.06. The van der Waals surface area contributed by atoms with Crippen LogP contribution in [-0.4, -0.2) is 24.8 Å². The van der Waals surface area contributed by atoms with Crippen molar-refractivity contribution in [1.82, 2.24) is 0 Å². The van der Waals surface area contributed by atoms with Gasteiger partial charge in [-0.25, -0.2) is 0 Å². The van der Waals surface area contributed by atoms with E-state index in [0.29, 0.717) is 0 Å². The van der Waals surface area contributed by atoms with Gasteiger partial charge >= 0.3 is 0 Å². The van der Waals surface area contributed by atoms with Crippen LogP contribution in [0.5, 0.6) is 0 Å². The highest BCUT2D eigenvalue weighted by Crippen LogP contribution is 1.83. The van der Waals surface area contributed by atoms with Crippen LogP contribution < -0.4 is 5.73 Å². The Labute approximate surface area is 57.9 Å². The Hall–Kier alpha value is -1.39. The van der Waals surface area contributed by atoms with E-state index >= 15 is 0 Å². The van der Waals surface area contributed by atoms with E-state index in [9.17, 15) is 9.59 Å². The van der Waals surface area contributed by atoms with Gasteiger partial charge in [-0.3, -0.25) is 4.79 Å². The van der Waals surface area contributed by atoms with Gasteiger partial charge in [0.1, 0.15) is 5.91 Å². The fourth-order valence-corrected chi connectivity index (χ4v) is 0.209. The molecule has 2 N–H and O–H groups in total. The lowest BCUT2D eigenvalue weighted by Crippen LogP contribution is -2.01. The van der Waals surface area contributed by atoms with Crippen LogP contribution in [0.3, 0.4) is 0 Å². The molecule has 10 heavy (non-hydrogen) atoms. The molecule has 0 unspecified atom stereocenters. The first-order valence-electron chi connectivity index (χ1n) is 2.49. The Balaban J connectivity index is 0.000000180. The second-order valence-corrected chi connectivity index (χ2v) is 1.50. The fraction of sp³-hybridized carbons (Fsp3) is 0.400. The van der Waals surface area contributed by atoms with Crippen LogP contribution in [0, 0.1) is 0 Å². The van der Waals surface area contributed by atoms with Crippen LogP contribution in [0.15, 0.2) is 4.99 Å². The minimum Gasteiger partial charge on any atom is -0.581 e. The standard InChI is InChI=1S/C3H2NO2.C2H5NO/c5-3-1-6-2-4-3;1-2(3)4/h1H2;1H3,(H2,3,4)/q-1;. The smallest absolute Gasteiger partial charge is 0.214 e. The molecule has 1 rings (SSSR count). The molecule has 5 nitrogen and oxygen atoms in total. The lowest BCUT2D eigenvalue weighted by atomic mass is 10.7. The number of carbonyl (C=O) groups excluding carboxylic acids is 2. The lowest BCUT2D eigenvalue weighted by Gasteiger charge is -1.87. The van der Waals surface area contributed by atoms with E-state index in [0.717, 1.165) is 0 Å². The van der Waals surface area contributed by atoms with Crippen molar-refractivity contribution in [2.45, 2.75) is 6.92 Å². The molecule has 0 radical (unpaired) electrons. The van der Waals surface area contributed by atoms with Crippen molar-refractivity contribution in [1.29, 1.82) is 0 Å². The molecule has 0 saturated carbocycles. The highest BCUT2D eigenvalue weighted by Gasteiger charge is 1.87. The minimum absolute atomic E-state index is 0.0694. The normalized spacial score (nSPS) is 13.5. The van der Waals surface area contributed by atoms with E-state index in [1.165, 1.54) is 6.92 Å². The second kappa shape index (κ2) is 4.49. The molecular formula is C5H7N2O3-. The molecule has 0 aromatic heterocycles. The van der Waals surface area contributed by atoms with Crippen molar-refractivity contribution in [3.63, 3.8) is 0 Å². The number of amides is 2. The molecule has 0 atom stereocenters. The topological polar surface area (TPSA) is 81.8 Å². The summed E-state index contributed by atoms with van der Waals surface area (Å²) < 4.78 is 4.29. The van der Waals surface area contributed by atoms with Crippen molar-refractivity contribution in [2.75, 3.05) is 6.61 Å². The average Bonchev–Trinajstić information content (AvgIpc) is 2.15. The van der Waals surface area contributed by atoms with Crippen molar-refractivity contribution >= 4 is 18.2 Å². The fourth-order valence-electron chi connectivity index (χ4n) is 0.209. The number of aliphatic imine (C=N–C) groups is 1. The summed E-state index contributed by atoms with van der Waals surface area (Å²) in [5.41, 5.74) is 4.47. The van der Waals surface area contributed by atoms with Crippen molar-refractivity contribution in [3.05, 3.63) is 0 Å². The molecule has 1 aliphatic rings. The third-order valence-electron chi connectivity index (χ3n) is 0.431. The number of hydrogen-bond acceptors (Lipinski definition) is 3. The molecule has 0 aromatic rings. The molecule has 5 heteroatoms. The van der Waals surface area contributed by atoms with Gasteiger partial charge in [-0.1, -0.05) is 0 Å². The highest BCUT2D eigenvalue weighted by molar-refractivity contribution is 5.88. The van der Waals surface area contributed by atoms with Gasteiger partial charge in [0.05, 0.1) is 6.61 Å². The Morgan fingerprint density at radius 3 is 2.50 bits per heavy atom. The largest absolute Gasteiger partial charge is 0.581 e. The summed E-state index contributed by atoms with van der Waals surface area (Å²) in [7, 11) is 0. The predicted molar refractivity (Wildman–Crippen MR) is 33.3 cm³/mol. The molecule has 0 spiro atoms. The van der Waals surface area contributed by atoms with Crippen molar-refractivity contribution in [3.8, 4) is 0 Å². The minimum atomic E-state index is -0.333. The summed E-state index contributed by atoms with van der Waals surface area (Å²) >= 11 is 0. The first-order valence-corrected chi connectivity index (χ1v) is 2.49. The Kier molecular flexibility index (Phi) is 3.86. The summed E-state index contributed by atoms with van der Waals surface area (Å²) in [5.74, 6) is -0.588. The SMILES string of the molecule is CC(N)=O.O=C1CO[C-]=N1. The number of ether oxygens (including phenoxy) is 1. The van der Waals surface area contributed by atoms with Crippen molar-refractivity contribution < 1.29 is 14.3 Å². The van der Waals surface area contributed by atoms with Crippen molar-refractivity contribution in [2.24, 2.45) is 10.7 Å². The number of carbonyl (C=O) groups is 2. The van der Waals surface area contributed by atoms with Gasteiger partial charge in [0.2, 0.25) is 5.91 Å². The zero-order chi connectivity index (χ0) is 7.98. The van der Waals surface area contributed by atoms with Crippen LogP contribution in [-0.2, 0) is 14.3 Å². The summed E-state index contributed by atoms with van der Waals surface area (Å²) in [6.45, 7) is 1.37. The first-order chi connectivity index (χ1) is 4.63. The molecule has 0 saturated heterocycles. The second-order valence-electron chi connectivity index (χ2n) is 1.50. The first kappa shape index (κ1) is 8.61. The molecule has 1 heterocycles. The number of nitrogens with zero attached hydrogens (tertiary/aromatic N) is 1. The maximum atomic E-state index is 9.89. The van der Waals surface area contributed by atoms with E-state index in [1.807, 2.05) is 6.40 Å². The van der Waals surface area contributed by atoms with Crippen LogP contribution in [0.4, 0.5) is 0 Å².